The lowest BCUT2D eigenvalue weighted by atomic mass is 9.96. The molecule has 1 saturated carbocycles. The van der Waals surface area contributed by atoms with Crippen LogP contribution in [0.15, 0.2) is 71.7 Å². The minimum Gasteiger partial charge on any atom is -0.340 e. The first-order chi connectivity index (χ1) is 16.6. The van der Waals surface area contributed by atoms with Crippen LogP contribution in [0.4, 0.5) is 0 Å². The second-order valence-corrected chi connectivity index (χ2v) is 8.61. The van der Waals surface area contributed by atoms with Crippen molar-refractivity contribution in [1.82, 2.24) is 30.2 Å². The molecule has 0 aliphatic heterocycles. The van der Waals surface area contributed by atoms with E-state index in [1.807, 2.05) is 41.2 Å². The van der Waals surface area contributed by atoms with E-state index < -0.39 is 5.54 Å². The monoisotopic (exact) mass is 454 g/mol. The summed E-state index contributed by atoms with van der Waals surface area (Å²) >= 11 is 0. The lowest BCUT2D eigenvalue weighted by Gasteiger charge is -2.25. The van der Waals surface area contributed by atoms with Crippen LogP contribution in [0.25, 0.3) is 17.3 Å². The molecule has 0 unspecified atom stereocenters. The van der Waals surface area contributed by atoms with Crippen molar-refractivity contribution in [2.24, 2.45) is 0 Å². The van der Waals surface area contributed by atoms with Gasteiger partial charge in [-0.2, -0.15) is 10.1 Å². The molecule has 34 heavy (non-hydrogen) atoms. The quantitative estimate of drug-likeness (QED) is 0.419. The number of pyridine rings is 1. The van der Waals surface area contributed by atoms with Crippen LogP contribution in [0.3, 0.4) is 0 Å². The van der Waals surface area contributed by atoms with E-state index >= 15 is 0 Å². The molecule has 1 aromatic carbocycles. The van der Waals surface area contributed by atoms with Gasteiger partial charge in [0.15, 0.2) is 5.82 Å². The second kappa shape index (κ2) is 9.43. The van der Waals surface area contributed by atoms with Gasteiger partial charge in [0.25, 0.3) is 0 Å². The van der Waals surface area contributed by atoms with Crippen LogP contribution in [-0.4, -0.2) is 30.8 Å². The van der Waals surface area contributed by atoms with Crippen LogP contribution >= 0.6 is 0 Å². The Labute approximate surface area is 197 Å². The Kier molecular flexibility index (Phi) is 6.03. The van der Waals surface area contributed by atoms with E-state index in [9.17, 15) is 4.79 Å². The van der Waals surface area contributed by atoms with Crippen LogP contribution in [0.5, 0.6) is 0 Å². The molecule has 5 rings (SSSR count). The predicted molar refractivity (Wildman–Crippen MR) is 127 cm³/mol. The van der Waals surface area contributed by atoms with Crippen molar-refractivity contribution in [1.29, 1.82) is 0 Å². The highest BCUT2D eigenvalue weighted by Gasteiger charge is 2.40. The van der Waals surface area contributed by atoms with E-state index in [2.05, 4.69) is 32.6 Å². The third-order valence-electron chi connectivity index (χ3n) is 6.10. The molecule has 4 aromatic rings. The Bertz CT molecular complexity index is 1290. The number of carbonyl (C=O) groups excluding carboxylic acids is 1. The molecule has 8 heteroatoms. The van der Waals surface area contributed by atoms with Gasteiger partial charge >= 0.3 is 0 Å². The number of benzene rings is 1. The highest BCUT2D eigenvalue weighted by Crippen LogP contribution is 2.37. The number of rotatable bonds is 7. The maximum atomic E-state index is 13.0. The SMILES string of the molecule is Cc1nc(C2(NC(=O)/C=C/c3cn(Cc4ccccc4)nc3-c3cccnc3)CCCC2)no1. The summed E-state index contributed by atoms with van der Waals surface area (Å²) in [6.45, 7) is 2.39. The number of nitrogens with one attached hydrogen (secondary N) is 1. The largest absolute Gasteiger partial charge is 0.340 e. The van der Waals surface area contributed by atoms with E-state index in [0.717, 1.165) is 48.1 Å². The number of nitrogens with zero attached hydrogens (tertiary/aromatic N) is 5. The van der Waals surface area contributed by atoms with Gasteiger partial charge in [-0.05, 0) is 36.6 Å². The number of aryl methyl sites for hydroxylation is 1. The highest BCUT2D eigenvalue weighted by molar-refractivity contribution is 5.93. The number of hydrogen-bond acceptors (Lipinski definition) is 6. The molecule has 0 radical (unpaired) electrons. The Morgan fingerprint density at radius 1 is 1.18 bits per heavy atom. The third-order valence-corrected chi connectivity index (χ3v) is 6.10. The summed E-state index contributed by atoms with van der Waals surface area (Å²) in [5.41, 5.74) is 3.08. The van der Waals surface area contributed by atoms with E-state index in [4.69, 9.17) is 9.62 Å². The third kappa shape index (κ3) is 4.66. The molecular weight excluding hydrogens is 428 g/mol. The van der Waals surface area contributed by atoms with Gasteiger partial charge < -0.3 is 9.84 Å². The number of amides is 1. The van der Waals surface area contributed by atoms with Gasteiger partial charge in [-0.15, -0.1) is 0 Å². The van der Waals surface area contributed by atoms with Crippen LogP contribution in [0.1, 0.15) is 48.5 Å². The van der Waals surface area contributed by atoms with E-state index in [0.29, 0.717) is 18.3 Å². The standard InChI is InChI=1S/C26H26N6O2/c1-19-28-25(31-34-19)26(13-5-6-14-26)29-23(33)12-11-22-18-32(17-20-8-3-2-4-9-20)30-24(22)21-10-7-15-27-16-21/h2-4,7-12,15-16,18H,5-6,13-14,17H2,1H3,(H,29,33)/b12-11+. The molecule has 8 nitrogen and oxygen atoms in total. The van der Waals surface area contributed by atoms with Crippen LogP contribution in [0, 0.1) is 6.92 Å². The minimum atomic E-state index is -0.581. The van der Waals surface area contributed by atoms with Crippen molar-refractivity contribution in [2.75, 3.05) is 0 Å². The molecule has 1 aliphatic carbocycles. The Hall–Kier alpha value is -4.07. The van der Waals surface area contributed by atoms with Gasteiger partial charge in [-0.3, -0.25) is 14.5 Å². The molecule has 0 bridgehead atoms. The summed E-state index contributed by atoms with van der Waals surface area (Å²) in [6, 6.07) is 14.0. The van der Waals surface area contributed by atoms with Gasteiger partial charge in [0.2, 0.25) is 11.8 Å². The predicted octanol–water partition coefficient (Wildman–Crippen LogP) is 4.28. The molecule has 1 fully saturated rings. The van der Waals surface area contributed by atoms with Gasteiger partial charge in [0.05, 0.1) is 6.54 Å². The zero-order valence-corrected chi connectivity index (χ0v) is 19.0. The van der Waals surface area contributed by atoms with Gasteiger partial charge in [-0.25, -0.2) is 0 Å². The maximum absolute atomic E-state index is 13.0. The Morgan fingerprint density at radius 2 is 2.00 bits per heavy atom. The maximum Gasteiger partial charge on any atom is 0.244 e. The molecule has 1 N–H and O–H groups in total. The van der Waals surface area contributed by atoms with Crippen molar-refractivity contribution < 1.29 is 9.32 Å². The summed E-state index contributed by atoms with van der Waals surface area (Å²) < 4.78 is 7.07. The van der Waals surface area contributed by atoms with Crippen molar-refractivity contribution in [2.45, 2.75) is 44.7 Å². The summed E-state index contributed by atoms with van der Waals surface area (Å²) in [5.74, 6) is 0.853. The Morgan fingerprint density at radius 3 is 2.71 bits per heavy atom. The zero-order valence-electron chi connectivity index (χ0n) is 19.0. The molecule has 0 saturated heterocycles. The zero-order chi connectivity index (χ0) is 23.4. The number of hydrogen-bond donors (Lipinski definition) is 1. The first kappa shape index (κ1) is 21.8. The van der Waals surface area contributed by atoms with E-state index in [1.165, 1.54) is 0 Å². The summed E-state index contributed by atoms with van der Waals surface area (Å²) in [6.07, 6.45) is 12.4. The Balaban J connectivity index is 1.40. The smallest absolute Gasteiger partial charge is 0.244 e. The van der Waals surface area contributed by atoms with Crippen molar-refractivity contribution in [3.63, 3.8) is 0 Å². The van der Waals surface area contributed by atoms with Gasteiger partial charge in [0, 0.05) is 42.7 Å². The number of aromatic nitrogens is 5. The van der Waals surface area contributed by atoms with Crippen LogP contribution in [0.2, 0.25) is 0 Å². The fraction of sp³-hybridized carbons (Fsp3) is 0.269. The molecule has 1 aliphatic rings. The molecule has 1 amide bonds. The highest BCUT2D eigenvalue weighted by atomic mass is 16.5. The average molecular weight is 455 g/mol. The van der Waals surface area contributed by atoms with Crippen molar-refractivity contribution in [3.05, 3.63) is 90.0 Å². The average Bonchev–Trinajstić information content (AvgIpc) is 3.60. The summed E-state index contributed by atoms with van der Waals surface area (Å²) in [7, 11) is 0. The topological polar surface area (TPSA) is 98.7 Å². The molecule has 3 aromatic heterocycles. The van der Waals surface area contributed by atoms with Crippen molar-refractivity contribution in [3.8, 4) is 11.3 Å². The minimum absolute atomic E-state index is 0.197. The van der Waals surface area contributed by atoms with Crippen LogP contribution < -0.4 is 5.32 Å². The van der Waals surface area contributed by atoms with Gasteiger partial charge in [0.1, 0.15) is 11.2 Å². The molecule has 0 atom stereocenters. The summed E-state index contributed by atoms with van der Waals surface area (Å²) in [5, 5.41) is 12.0. The normalized spacial score (nSPS) is 15.1. The van der Waals surface area contributed by atoms with Crippen LogP contribution in [-0.2, 0) is 16.9 Å². The number of carbonyl (C=O) groups is 1. The first-order valence-corrected chi connectivity index (χ1v) is 11.4. The van der Waals surface area contributed by atoms with E-state index in [1.54, 1.807) is 31.5 Å². The van der Waals surface area contributed by atoms with E-state index in [-0.39, 0.29) is 5.91 Å². The molecule has 0 spiro atoms. The second-order valence-electron chi connectivity index (χ2n) is 8.61. The molecular formula is C26H26N6O2. The fourth-order valence-electron chi connectivity index (χ4n) is 4.46. The fourth-order valence-corrected chi connectivity index (χ4v) is 4.46. The molecule has 172 valence electrons. The molecule has 3 heterocycles. The van der Waals surface area contributed by atoms with Crippen molar-refractivity contribution >= 4 is 12.0 Å². The lowest BCUT2D eigenvalue weighted by Crippen LogP contribution is -2.44. The summed E-state index contributed by atoms with van der Waals surface area (Å²) in [4.78, 5) is 21.6. The first-order valence-electron chi connectivity index (χ1n) is 11.4. The van der Waals surface area contributed by atoms with Gasteiger partial charge in [-0.1, -0.05) is 48.3 Å². The lowest BCUT2D eigenvalue weighted by molar-refractivity contribution is -0.118.